The van der Waals surface area contributed by atoms with Crippen LogP contribution >= 0.6 is 23.5 Å². The lowest BCUT2D eigenvalue weighted by molar-refractivity contribution is -0.129. The molecule has 23 heavy (non-hydrogen) atoms. The molecule has 0 saturated carbocycles. The summed E-state index contributed by atoms with van der Waals surface area (Å²) in [7, 11) is 0. The molecule has 0 bridgehead atoms. The maximum atomic E-state index is 12.1. The van der Waals surface area contributed by atoms with Gasteiger partial charge in [0.05, 0.1) is 4.75 Å². The Morgan fingerprint density at radius 3 is 2.91 bits per heavy atom. The van der Waals surface area contributed by atoms with Crippen LogP contribution in [0.2, 0.25) is 0 Å². The molecule has 1 fully saturated rings. The third kappa shape index (κ3) is 4.41. The normalized spacial score (nSPS) is 20.2. The van der Waals surface area contributed by atoms with E-state index in [1.165, 1.54) is 11.8 Å². The minimum absolute atomic E-state index is 0.0882. The molecule has 0 spiro atoms. The second-order valence-corrected chi connectivity index (χ2v) is 8.47. The van der Waals surface area contributed by atoms with E-state index < -0.39 is 10.8 Å². The van der Waals surface area contributed by atoms with Gasteiger partial charge in [-0.3, -0.25) is 9.59 Å². The number of nitrogens with zero attached hydrogens (tertiary/aromatic N) is 3. The van der Waals surface area contributed by atoms with Crippen LogP contribution in [0.4, 0.5) is 0 Å². The van der Waals surface area contributed by atoms with Crippen molar-refractivity contribution < 1.29 is 9.59 Å². The van der Waals surface area contributed by atoms with E-state index in [1.807, 2.05) is 32.3 Å². The highest BCUT2D eigenvalue weighted by Gasteiger charge is 2.37. The van der Waals surface area contributed by atoms with Crippen LogP contribution in [0, 0.1) is 6.92 Å². The molecule has 9 heteroatoms. The van der Waals surface area contributed by atoms with Crippen LogP contribution in [0.15, 0.2) is 5.16 Å². The van der Waals surface area contributed by atoms with Gasteiger partial charge in [-0.2, -0.15) is 0 Å². The average Bonchev–Trinajstić information content (AvgIpc) is 2.86. The van der Waals surface area contributed by atoms with Crippen LogP contribution in [0.25, 0.3) is 0 Å². The molecule has 0 aromatic carbocycles. The summed E-state index contributed by atoms with van der Waals surface area (Å²) < 4.78 is 1.57. The summed E-state index contributed by atoms with van der Waals surface area (Å²) in [4.78, 5) is 24.0. The van der Waals surface area contributed by atoms with Gasteiger partial charge in [0.15, 0.2) is 5.16 Å². The molecular formula is C14H23N5O2S2. The fourth-order valence-electron chi connectivity index (χ4n) is 2.14. The van der Waals surface area contributed by atoms with Crippen molar-refractivity contribution in [2.24, 2.45) is 0 Å². The van der Waals surface area contributed by atoms with E-state index in [4.69, 9.17) is 0 Å². The fourth-order valence-corrected chi connectivity index (χ4v) is 4.05. The van der Waals surface area contributed by atoms with E-state index in [2.05, 4.69) is 20.8 Å². The number of amides is 2. The Kier molecular flexibility index (Phi) is 5.96. The van der Waals surface area contributed by atoms with Crippen LogP contribution in [0.5, 0.6) is 0 Å². The first-order chi connectivity index (χ1) is 10.8. The number of carbonyl (C=O) groups is 2. The highest BCUT2D eigenvalue weighted by atomic mass is 32.2. The zero-order valence-corrected chi connectivity index (χ0v) is 15.5. The lowest BCUT2D eigenvalue weighted by Crippen LogP contribution is -2.57. The molecule has 0 radical (unpaired) electrons. The number of thioether (sulfide) groups is 2. The Balaban J connectivity index is 1.74. The molecule has 1 aromatic rings. The first-order valence-corrected chi connectivity index (χ1v) is 9.57. The quantitative estimate of drug-likeness (QED) is 0.579. The van der Waals surface area contributed by atoms with E-state index in [0.717, 1.165) is 17.5 Å². The topological polar surface area (TPSA) is 88.9 Å². The van der Waals surface area contributed by atoms with Crippen LogP contribution in [-0.2, 0) is 16.1 Å². The van der Waals surface area contributed by atoms with Crippen LogP contribution in [0.3, 0.4) is 0 Å². The van der Waals surface area contributed by atoms with Crippen LogP contribution in [-0.4, -0.2) is 55.4 Å². The molecule has 1 aliphatic rings. The summed E-state index contributed by atoms with van der Waals surface area (Å²) in [5.41, 5.74) is 0. The van der Waals surface area contributed by atoms with Crippen LogP contribution < -0.4 is 10.6 Å². The van der Waals surface area contributed by atoms with Gasteiger partial charge in [0.1, 0.15) is 11.9 Å². The van der Waals surface area contributed by atoms with Crippen molar-refractivity contribution in [3.63, 3.8) is 0 Å². The van der Waals surface area contributed by atoms with Gasteiger partial charge >= 0.3 is 0 Å². The van der Waals surface area contributed by atoms with Gasteiger partial charge in [-0.1, -0.05) is 11.8 Å². The molecule has 2 N–H and O–H groups in total. The van der Waals surface area contributed by atoms with Crippen molar-refractivity contribution in [2.75, 3.05) is 18.1 Å². The van der Waals surface area contributed by atoms with Crippen molar-refractivity contribution in [2.45, 2.75) is 50.2 Å². The van der Waals surface area contributed by atoms with Crippen molar-refractivity contribution in [1.29, 1.82) is 0 Å². The number of aromatic nitrogens is 3. The fraction of sp³-hybridized carbons (Fsp3) is 0.714. The minimum Gasteiger partial charge on any atom is -0.353 e. The van der Waals surface area contributed by atoms with Gasteiger partial charge in [0.2, 0.25) is 11.8 Å². The van der Waals surface area contributed by atoms with E-state index >= 15 is 0 Å². The number of aryl methyl sites for hydroxylation is 1. The zero-order chi connectivity index (χ0) is 17.0. The summed E-state index contributed by atoms with van der Waals surface area (Å²) in [6, 6.07) is -0.452. The number of hydrogen-bond acceptors (Lipinski definition) is 6. The Labute approximate surface area is 144 Å². The van der Waals surface area contributed by atoms with E-state index in [-0.39, 0.29) is 11.8 Å². The van der Waals surface area contributed by atoms with Gasteiger partial charge in [0.25, 0.3) is 0 Å². The second-order valence-electron chi connectivity index (χ2n) is 5.76. The molecule has 2 amide bonds. The zero-order valence-electron chi connectivity index (χ0n) is 13.9. The largest absolute Gasteiger partial charge is 0.353 e. The van der Waals surface area contributed by atoms with E-state index in [0.29, 0.717) is 18.1 Å². The molecule has 1 aromatic heterocycles. The Bertz CT molecular complexity index is 588. The summed E-state index contributed by atoms with van der Waals surface area (Å²) in [6.07, 6.45) is 0. The molecule has 2 heterocycles. The highest BCUT2D eigenvalue weighted by molar-refractivity contribution is 8.01. The standard InChI is InChI=1S/C14H23N5O2S2/c1-5-19-9(2)17-18-13(19)22-7-6-15-11(20)10-8-23-14(3,4)12(21)16-10/h10H,5-8H2,1-4H3,(H,15,20)(H,16,21)/t10-/m1/s1. The first-order valence-electron chi connectivity index (χ1n) is 7.60. The summed E-state index contributed by atoms with van der Waals surface area (Å²) in [6.45, 7) is 9.06. The molecule has 7 nitrogen and oxygen atoms in total. The summed E-state index contributed by atoms with van der Waals surface area (Å²) in [5, 5.41) is 14.7. The molecule has 1 atom stereocenters. The van der Waals surface area contributed by atoms with E-state index in [1.54, 1.807) is 11.8 Å². The van der Waals surface area contributed by atoms with Crippen molar-refractivity contribution in [3.8, 4) is 0 Å². The molecule has 0 unspecified atom stereocenters. The second kappa shape index (κ2) is 7.57. The number of rotatable bonds is 6. The van der Waals surface area contributed by atoms with Gasteiger partial charge < -0.3 is 15.2 Å². The number of nitrogens with one attached hydrogen (secondary N) is 2. The van der Waals surface area contributed by atoms with Crippen molar-refractivity contribution >= 4 is 35.3 Å². The van der Waals surface area contributed by atoms with Gasteiger partial charge in [-0.25, -0.2) is 0 Å². The molecule has 1 saturated heterocycles. The van der Waals surface area contributed by atoms with E-state index in [9.17, 15) is 9.59 Å². The lowest BCUT2D eigenvalue weighted by Gasteiger charge is -2.32. The molecule has 128 valence electrons. The average molecular weight is 358 g/mol. The SMILES string of the molecule is CCn1c(C)nnc1SCCNC(=O)[C@H]1CSC(C)(C)C(=O)N1. The smallest absolute Gasteiger partial charge is 0.243 e. The van der Waals surface area contributed by atoms with Crippen molar-refractivity contribution in [1.82, 2.24) is 25.4 Å². The van der Waals surface area contributed by atoms with Gasteiger partial charge in [0, 0.05) is 24.6 Å². The predicted molar refractivity (Wildman–Crippen MR) is 92.6 cm³/mol. The lowest BCUT2D eigenvalue weighted by atomic mass is 10.1. The summed E-state index contributed by atoms with van der Waals surface area (Å²) in [5.74, 6) is 1.98. The Morgan fingerprint density at radius 2 is 2.26 bits per heavy atom. The van der Waals surface area contributed by atoms with Crippen LogP contribution in [0.1, 0.15) is 26.6 Å². The number of carbonyl (C=O) groups excluding carboxylic acids is 2. The minimum atomic E-state index is -0.464. The Morgan fingerprint density at radius 1 is 1.52 bits per heavy atom. The molecule has 1 aliphatic heterocycles. The monoisotopic (exact) mass is 357 g/mol. The third-order valence-electron chi connectivity index (χ3n) is 3.63. The Hall–Kier alpha value is -1.22. The third-order valence-corrected chi connectivity index (χ3v) is 6.01. The van der Waals surface area contributed by atoms with Gasteiger partial charge in [-0.05, 0) is 27.7 Å². The maximum Gasteiger partial charge on any atom is 0.243 e. The predicted octanol–water partition coefficient (Wildman–Crippen LogP) is 0.825. The molecule has 2 rings (SSSR count). The van der Waals surface area contributed by atoms with Crippen molar-refractivity contribution in [3.05, 3.63) is 5.82 Å². The maximum absolute atomic E-state index is 12.1. The first kappa shape index (κ1) is 18.1. The van der Waals surface area contributed by atoms with Gasteiger partial charge in [-0.15, -0.1) is 22.0 Å². The summed E-state index contributed by atoms with van der Waals surface area (Å²) >= 11 is 3.07. The number of hydrogen-bond donors (Lipinski definition) is 2. The highest BCUT2D eigenvalue weighted by Crippen LogP contribution is 2.28. The molecule has 0 aliphatic carbocycles. The molecular weight excluding hydrogens is 334 g/mol.